The van der Waals surface area contributed by atoms with E-state index in [9.17, 15) is 13.2 Å². The zero-order valence-electron chi connectivity index (χ0n) is 9.88. The molecule has 0 aliphatic carbocycles. The molecular formula is C13H15BrF3N. The molecule has 1 saturated heterocycles. The van der Waals surface area contributed by atoms with Gasteiger partial charge in [0.15, 0.2) is 0 Å². The molecule has 1 aliphatic heterocycles. The summed E-state index contributed by atoms with van der Waals surface area (Å²) < 4.78 is 39.0. The van der Waals surface area contributed by atoms with Gasteiger partial charge in [0.1, 0.15) is 0 Å². The van der Waals surface area contributed by atoms with E-state index in [1.807, 2.05) is 29.2 Å². The fourth-order valence-corrected chi connectivity index (χ4v) is 2.58. The molecule has 100 valence electrons. The Hall–Kier alpha value is -0.550. The van der Waals surface area contributed by atoms with Gasteiger partial charge in [0.25, 0.3) is 0 Å². The Labute approximate surface area is 113 Å². The van der Waals surface area contributed by atoms with Crippen LogP contribution in [-0.4, -0.2) is 24.2 Å². The van der Waals surface area contributed by atoms with Gasteiger partial charge in [-0.05, 0) is 37.1 Å². The lowest BCUT2D eigenvalue weighted by Gasteiger charge is -2.33. The van der Waals surface area contributed by atoms with Gasteiger partial charge in [0.05, 0.1) is 5.92 Å². The highest BCUT2D eigenvalue weighted by molar-refractivity contribution is 9.10. The summed E-state index contributed by atoms with van der Waals surface area (Å²) in [6.45, 7) is 1.47. The number of rotatable bonds is 2. The topological polar surface area (TPSA) is 3.24 Å². The number of nitrogens with zero attached hydrogens (tertiary/aromatic N) is 1. The van der Waals surface area contributed by atoms with Crippen molar-refractivity contribution in [2.24, 2.45) is 5.92 Å². The first-order chi connectivity index (χ1) is 8.45. The van der Waals surface area contributed by atoms with Crippen LogP contribution in [-0.2, 0) is 6.54 Å². The first-order valence-corrected chi connectivity index (χ1v) is 6.78. The van der Waals surface area contributed by atoms with Crippen molar-refractivity contribution >= 4 is 15.9 Å². The third kappa shape index (κ3) is 3.72. The second kappa shape index (κ2) is 5.61. The van der Waals surface area contributed by atoms with E-state index in [1.54, 1.807) is 0 Å². The summed E-state index contributed by atoms with van der Waals surface area (Å²) >= 11 is 3.34. The summed E-state index contributed by atoms with van der Waals surface area (Å²) in [5.41, 5.74) is 1.06. The number of likely N-dealkylation sites (tertiary alicyclic amines) is 1. The van der Waals surface area contributed by atoms with Crippen molar-refractivity contribution < 1.29 is 13.2 Å². The quantitative estimate of drug-likeness (QED) is 0.788. The van der Waals surface area contributed by atoms with Gasteiger partial charge in [-0.1, -0.05) is 28.1 Å². The van der Waals surface area contributed by atoms with E-state index in [0.29, 0.717) is 13.0 Å². The van der Waals surface area contributed by atoms with Crippen LogP contribution in [0, 0.1) is 5.92 Å². The molecule has 0 amide bonds. The molecule has 1 aromatic carbocycles. The van der Waals surface area contributed by atoms with E-state index in [1.165, 1.54) is 0 Å². The van der Waals surface area contributed by atoms with Gasteiger partial charge < -0.3 is 0 Å². The fourth-order valence-electron chi connectivity index (χ4n) is 2.31. The zero-order chi connectivity index (χ0) is 13.2. The maximum Gasteiger partial charge on any atom is 0.393 e. The zero-order valence-corrected chi connectivity index (χ0v) is 11.5. The van der Waals surface area contributed by atoms with Crippen molar-refractivity contribution in [1.29, 1.82) is 0 Å². The normalized spacial score (nSPS) is 22.1. The summed E-state index contributed by atoms with van der Waals surface area (Å²) in [5, 5.41) is 0. The van der Waals surface area contributed by atoms with Crippen molar-refractivity contribution in [2.45, 2.75) is 25.6 Å². The average Bonchev–Trinajstić information content (AvgIpc) is 2.31. The van der Waals surface area contributed by atoms with E-state index in [4.69, 9.17) is 0 Å². The van der Waals surface area contributed by atoms with Crippen LogP contribution in [0.5, 0.6) is 0 Å². The minimum atomic E-state index is -4.06. The Morgan fingerprint density at radius 1 is 1.22 bits per heavy atom. The molecule has 1 nitrogen and oxygen atoms in total. The largest absolute Gasteiger partial charge is 0.393 e. The maximum absolute atomic E-state index is 12.7. The van der Waals surface area contributed by atoms with Gasteiger partial charge >= 0.3 is 6.18 Å². The Morgan fingerprint density at radius 3 is 2.50 bits per heavy atom. The van der Waals surface area contributed by atoms with Crippen LogP contribution in [0.15, 0.2) is 28.7 Å². The summed E-state index contributed by atoms with van der Waals surface area (Å²) in [7, 11) is 0. The number of hydrogen-bond acceptors (Lipinski definition) is 1. The van der Waals surface area contributed by atoms with Crippen LogP contribution in [0.25, 0.3) is 0 Å². The molecule has 0 bridgehead atoms. The van der Waals surface area contributed by atoms with Gasteiger partial charge in [-0.15, -0.1) is 0 Å². The fraction of sp³-hybridized carbons (Fsp3) is 0.538. The molecule has 1 fully saturated rings. The highest BCUT2D eigenvalue weighted by Crippen LogP contribution is 2.33. The van der Waals surface area contributed by atoms with Gasteiger partial charge in [0.2, 0.25) is 0 Å². The third-order valence-corrected chi connectivity index (χ3v) is 3.82. The molecule has 0 radical (unpaired) electrons. The monoisotopic (exact) mass is 321 g/mol. The Kier molecular flexibility index (Phi) is 4.33. The molecule has 0 spiro atoms. The molecule has 1 unspecified atom stereocenters. The summed E-state index contributed by atoms with van der Waals surface area (Å²) in [6, 6.07) is 7.73. The molecule has 0 N–H and O–H groups in total. The van der Waals surface area contributed by atoms with Crippen LogP contribution >= 0.6 is 15.9 Å². The number of piperidine rings is 1. The van der Waals surface area contributed by atoms with E-state index in [2.05, 4.69) is 15.9 Å². The Balaban J connectivity index is 1.95. The van der Waals surface area contributed by atoms with Crippen LogP contribution < -0.4 is 0 Å². The lowest BCUT2D eigenvalue weighted by atomic mass is 9.97. The van der Waals surface area contributed by atoms with E-state index >= 15 is 0 Å². The van der Waals surface area contributed by atoms with E-state index < -0.39 is 12.1 Å². The van der Waals surface area contributed by atoms with Crippen LogP contribution in [0.3, 0.4) is 0 Å². The van der Waals surface area contributed by atoms with E-state index in [0.717, 1.165) is 16.6 Å². The number of benzene rings is 1. The number of halogens is 4. The van der Waals surface area contributed by atoms with Gasteiger partial charge in [-0.25, -0.2) is 0 Å². The number of alkyl halides is 3. The predicted octanol–water partition coefficient (Wildman–Crippen LogP) is 4.22. The van der Waals surface area contributed by atoms with Gasteiger partial charge in [0, 0.05) is 17.6 Å². The predicted molar refractivity (Wildman–Crippen MR) is 68.2 cm³/mol. The van der Waals surface area contributed by atoms with Crippen LogP contribution in [0.4, 0.5) is 13.2 Å². The first kappa shape index (κ1) is 13.9. The molecule has 1 atom stereocenters. The van der Waals surface area contributed by atoms with Crippen molar-refractivity contribution in [3.8, 4) is 0 Å². The summed E-state index contributed by atoms with van der Waals surface area (Å²) in [4.78, 5) is 1.89. The molecule has 0 saturated carbocycles. The highest BCUT2D eigenvalue weighted by atomic mass is 79.9. The third-order valence-electron chi connectivity index (χ3n) is 3.29. The first-order valence-electron chi connectivity index (χ1n) is 5.98. The second-order valence-corrected chi connectivity index (χ2v) is 5.66. The smallest absolute Gasteiger partial charge is 0.298 e. The lowest BCUT2D eigenvalue weighted by Crippen LogP contribution is -2.41. The SMILES string of the molecule is FC(F)(F)C1CCCN(Cc2ccc(Br)cc2)C1. The van der Waals surface area contributed by atoms with Crippen LogP contribution in [0.1, 0.15) is 18.4 Å². The van der Waals surface area contributed by atoms with E-state index in [-0.39, 0.29) is 13.0 Å². The summed E-state index contributed by atoms with van der Waals surface area (Å²) in [6.07, 6.45) is -3.17. The minimum Gasteiger partial charge on any atom is -0.298 e. The molecule has 1 aliphatic rings. The molecule has 1 aromatic rings. The maximum atomic E-state index is 12.7. The molecular weight excluding hydrogens is 307 g/mol. The van der Waals surface area contributed by atoms with Crippen molar-refractivity contribution in [3.05, 3.63) is 34.3 Å². The Morgan fingerprint density at radius 2 is 1.89 bits per heavy atom. The van der Waals surface area contributed by atoms with Crippen molar-refractivity contribution in [2.75, 3.05) is 13.1 Å². The Bertz CT molecular complexity index is 388. The molecule has 18 heavy (non-hydrogen) atoms. The lowest BCUT2D eigenvalue weighted by molar-refractivity contribution is -0.187. The van der Waals surface area contributed by atoms with Gasteiger partial charge in [-0.3, -0.25) is 4.90 Å². The molecule has 0 aromatic heterocycles. The average molecular weight is 322 g/mol. The molecule has 1 heterocycles. The molecule has 5 heteroatoms. The van der Waals surface area contributed by atoms with Crippen molar-refractivity contribution in [3.63, 3.8) is 0 Å². The minimum absolute atomic E-state index is 0.125. The standard InChI is InChI=1S/C13H15BrF3N/c14-12-5-3-10(4-6-12)8-18-7-1-2-11(9-18)13(15,16)17/h3-6,11H,1-2,7-9H2. The van der Waals surface area contributed by atoms with Crippen molar-refractivity contribution in [1.82, 2.24) is 4.90 Å². The second-order valence-electron chi connectivity index (χ2n) is 4.74. The summed E-state index contributed by atoms with van der Waals surface area (Å²) in [5.74, 6) is -1.17. The van der Waals surface area contributed by atoms with Crippen LogP contribution in [0.2, 0.25) is 0 Å². The van der Waals surface area contributed by atoms with Gasteiger partial charge in [-0.2, -0.15) is 13.2 Å². The number of hydrogen-bond donors (Lipinski definition) is 0. The molecule has 2 rings (SSSR count). The highest BCUT2D eigenvalue weighted by Gasteiger charge is 2.41.